The van der Waals surface area contributed by atoms with Crippen LogP contribution in [-0.2, 0) is 13.2 Å². The number of nitrogens with one attached hydrogen (secondary N) is 1. The molecule has 5 heteroatoms. The van der Waals surface area contributed by atoms with Crippen molar-refractivity contribution in [1.82, 2.24) is 5.32 Å². The molecular weight excluding hydrogens is 402 g/mol. The van der Waals surface area contributed by atoms with Gasteiger partial charge >= 0.3 is 0 Å². The molecule has 0 aliphatic heterocycles. The molecule has 1 N–H and O–H groups in total. The van der Waals surface area contributed by atoms with Crippen molar-refractivity contribution >= 4 is 27.5 Å². The van der Waals surface area contributed by atoms with Crippen LogP contribution in [0.3, 0.4) is 0 Å². The molecule has 0 radical (unpaired) electrons. The molecule has 1 aliphatic carbocycles. The van der Waals surface area contributed by atoms with E-state index in [4.69, 9.17) is 21.1 Å². The van der Waals surface area contributed by atoms with E-state index in [-0.39, 0.29) is 0 Å². The summed E-state index contributed by atoms with van der Waals surface area (Å²) in [6, 6.07) is 12.3. The van der Waals surface area contributed by atoms with Gasteiger partial charge in [0.2, 0.25) is 0 Å². The van der Waals surface area contributed by atoms with Gasteiger partial charge in [-0.05, 0) is 48.2 Å². The molecule has 0 bridgehead atoms. The zero-order valence-corrected chi connectivity index (χ0v) is 16.7. The van der Waals surface area contributed by atoms with E-state index < -0.39 is 0 Å². The number of methoxy groups -OCH3 is 1. The van der Waals surface area contributed by atoms with Crippen LogP contribution in [0.25, 0.3) is 0 Å². The van der Waals surface area contributed by atoms with Gasteiger partial charge in [-0.1, -0.05) is 52.5 Å². The highest BCUT2D eigenvalue weighted by atomic mass is 79.9. The molecule has 0 atom stereocenters. The van der Waals surface area contributed by atoms with Gasteiger partial charge in [0.25, 0.3) is 0 Å². The van der Waals surface area contributed by atoms with E-state index in [9.17, 15) is 0 Å². The van der Waals surface area contributed by atoms with Gasteiger partial charge in [0.15, 0.2) is 11.5 Å². The summed E-state index contributed by atoms with van der Waals surface area (Å²) in [6.45, 7) is 1.28. The third-order valence-corrected chi connectivity index (χ3v) is 5.53. The van der Waals surface area contributed by atoms with E-state index in [1.54, 1.807) is 7.11 Å². The smallest absolute Gasteiger partial charge is 0.162 e. The zero-order valence-electron chi connectivity index (χ0n) is 14.4. The Morgan fingerprint density at radius 2 is 1.96 bits per heavy atom. The first-order chi connectivity index (χ1) is 12.2. The molecule has 0 unspecified atom stereocenters. The molecule has 0 amide bonds. The summed E-state index contributed by atoms with van der Waals surface area (Å²) in [5.74, 6) is 1.47. The van der Waals surface area contributed by atoms with E-state index in [2.05, 4.69) is 21.2 Å². The van der Waals surface area contributed by atoms with Crippen molar-refractivity contribution in [3.05, 3.63) is 57.0 Å². The Bertz CT molecular complexity index is 717. The molecule has 3 rings (SSSR count). The number of benzene rings is 2. The first-order valence-electron chi connectivity index (χ1n) is 8.63. The summed E-state index contributed by atoms with van der Waals surface area (Å²) in [5, 5.41) is 4.34. The molecule has 25 heavy (non-hydrogen) atoms. The molecule has 3 nitrogen and oxygen atoms in total. The van der Waals surface area contributed by atoms with E-state index in [0.717, 1.165) is 28.1 Å². The second kappa shape index (κ2) is 8.93. The average molecular weight is 425 g/mol. The van der Waals surface area contributed by atoms with Crippen LogP contribution in [0, 0.1) is 0 Å². The highest BCUT2D eigenvalue weighted by Crippen LogP contribution is 2.34. The molecule has 0 spiro atoms. The summed E-state index contributed by atoms with van der Waals surface area (Å²) in [4.78, 5) is 0. The van der Waals surface area contributed by atoms with Gasteiger partial charge in [0, 0.05) is 22.1 Å². The van der Waals surface area contributed by atoms with Crippen LogP contribution in [0.5, 0.6) is 11.5 Å². The molecule has 2 aromatic carbocycles. The molecule has 2 aromatic rings. The molecule has 0 saturated heterocycles. The van der Waals surface area contributed by atoms with Crippen molar-refractivity contribution in [2.24, 2.45) is 0 Å². The first-order valence-corrected chi connectivity index (χ1v) is 9.80. The lowest BCUT2D eigenvalue weighted by Gasteiger charge is -2.16. The highest BCUT2D eigenvalue weighted by molar-refractivity contribution is 9.10. The van der Waals surface area contributed by atoms with Crippen molar-refractivity contribution < 1.29 is 9.47 Å². The number of rotatable bonds is 7. The Morgan fingerprint density at radius 3 is 2.68 bits per heavy atom. The maximum atomic E-state index is 6.03. The third-order valence-electron chi connectivity index (χ3n) is 4.55. The lowest BCUT2D eigenvalue weighted by molar-refractivity contribution is 0.284. The lowest BCUT2D eigenvalue weighted by atomic mass is 10.1. The minimum absolute atomic E-state index is 0.447. The van der Waals surface area contributed by atoms with Crippen LogP contribution in [-0.4, -0.2) is 13.2 Å². The molecule has 0 heterocycles. The summed E-state index contributed by atoms with van der Waals surface area (Å²) >= 11 is 9.69. The fourth-order valence-electron chi connectivity index (χ4n) is 3.16. The van der Waals surface area contributed by atoms with Gasteiger partial charge in [-0.25, -0.2) is 0 Å². The van der Waals surface area contributed by atoms with Gasteiger partial charge in [-0.2, -0.15) is 0 Å². The highest BCUT2D eigenvalue weighted by Gasteiger charge is 2.16. The Morgan fingerprint density at radius 1 is 1.16 bits per heavy atom. The molecule has 1 aliphatic rings. The lowest BCUT2D eigenvalue weighted by Crippen LogP contribution is -2.25. The monoisotopic (exact) mass is 423 g/mol. The van der Waals surface area contributed by atoms with E-state index >= 15 is 0 Å². The summed E-state index contributed by atoms with van der Waals surface area (Å²) in [7, 11) is 1.67. The molecule has 1 saturated carbocycles. The first kappa shape index (κ1) is 18.6. The minimum Gasteiger partial charge on any atom is -0.493 e. The fraction of sp³-hybridized carbons (Fsp3) is 0.400. The normalized spacial score (nSPS) is 14.7. The maximum Gasteiger partial charge on any atom is 0.162 e. The summed E-state index contributed by atoms with van der Waals surface area (Å²) in [5.41, 5.74) is 2.21. The third kappa shape index (κ3) is 5.13. The van der Waals surface area contributed by atoms with Crippen LogP contribution in [0.1, 0.15) is 36.8 Å². The van der Waals surface area contributed by atoms with Crippen LogP contribution >= 0.6 is 27.5 Å². The van der Waals surface area contributed by atoms with Crippen molar-refractivity contribution in [1.29, 1.82) is 0 Å². The second-order valence-electron chi connectivity index (χ2n) is 6.38. The largest absolute Gasteiger partial charge is 0.493 e. The minimum atomic E-state index is 0.447. The van der Waals surface area contributed by atoms with Gasteiger partial charge in [0.05, 0.1) is 7.11 Å². The van der Waals surface area contributed by atoms with Crippen LogP contribution in [0.2, 0.25) is 5.02 Å². The molecule has 1 fully saturated rings. The number of halogens is 2. The Hall–Kier alpha value is -1.23. The second-order valence-corrected chi connectivity index (χ2v) is 7.67. The zero-order chi connectivity index (χ0) is 17.6. The van der Waals surface area contributed by atoms with Gasteiger partial charge in [-0.3, -0.25) is 0 Å². The number of hydrogen-bond acceptors (Lipinski definition) is 3. The quantitative estimate of drug-likeness (QED) is 0.616. The average Bonchev–Trinajstić information content (AvgIpc) is 3.12. The number of hydrogen-bond donors (Lipinski definition) is 1. The van der Waals surface area contributed by atoms with E-state index in [1.165, 1.54) is 31.2 Å². The van der Waals surface area contributed by atoms with Gasteiger partial charge < -0.3 is 14.8 Å². The predicted octanol–water partition coefficient (Wildman–Crippen LogP) is 5.72. The number of ether oxygens (including phenoxy) is 2. The molecular formula is C20H23BrClNO2. The van der Waals surface area contributed by atoms with Gasteiger partial charge in [0.1, 0.15) is 6.61 Å². The van der Waals surface area contributed by atoms with E-state index in [0.29, 0.717) is 17.7 Å². The fourth-order valence-corrected chi connectivity index (χ4v) is 3.83. The molecule has 134 valence electrons. The Balaban J connectivity index is 1.67. The van der Waals surface area contributed by atoms with Crippen molar-refractivity contribution in [3.8, 4) is 11.5 Å². The summed E-state index contributed by atoms with van der Waals surface area (Å²) in [6.07, 6.45) is 5.21. The summed E-state index contributed by atoms with van der Waals surface area (Å²) < 4.78 is 12.5. The van der Waals surface area contributed by atoms with E-state index in [1.807, 2.05) is 36.4 Å². The van der Waals surface area contributed by atoms with Crippen molar-refractivity contribution in [2.75, 3.05) is 7.11 Å². The van der Waals surface area contributed by atoms with Crippen molar-refractivity contribution in [3.63, 3.8) is 0 Å². The van der Waals surface area contributed by atoms with Gasteiger partial charge in [-0.15, -0.1) is 0 Å². The predicted molar refractivity (Wildman–Crippen MR) is 106 cm³/mol. The Kier molecular flexibility index (Phi) is 6.63. The van der Waals surface area contributed by atoms with Crippen LogP contribution in [0.4, 0.5) is 0 Å². The topological polar surface area (TPSA) is 30.5 Å². The van der Waals surface area contributed by atoms with Crippen LogP contribution in [0.15, 0.2) is 40.9 Å². The SMILES string of the molecule is COc1cc(CNC2CCCC2)c(Br)cc1OCc1cccc(Cl)c1. The van der Waals surface area contributed by atoms with Crippen LogP contribution < -0.4 is 14.8 Å². The maximum absolute atomic E-state index is 6.03. The standard InChI is InChI=1S/C20H23BrClNO2/c1-24-19-10-15(12-23-17-7-2-3-8-17)18(21)11-20(19)25-13-14-5-4-6-16(22)9-14/h4-6,9-11,17,23H,2-3,7-8,12-13H2,1H3. The molecule has 0 aromatic heterocycles. The van der Waals surface area contributed by atoms with Crippen molar-refractivity contribution in [2.45, 2.75) is 44.9 Å². The Labute approximate surface area is 162 Å².